The molecule has 2 bridgehead atoms. The van der Waals surface area contributed by atoms with Crippen LogP contribution in [0.1, 0.15) is 120 Å². The number of carbonyl (C=O) groups is 2. The number of ether oxygens (including phenoxy) is 3. The third-order valence-corrected chi connectivity index (χ3v) is 16.2. The van der Waals surface area contributed by atoms with E-state index in [0.29, 0.717) is 24.2 Å². The lowest BCUT2D eigenvalue weighted by Crippen LogP contribution is -2.80. The molecule has 1 aliphatic heterocycles. The highest BCUT2D eigenvalue weighted by Crippen LogP contribution is 2.88. The van der Waals surface area contributed by atoms with Crippen molar-refractivity contribution in [3.8, 4) is 0 Å². The highest BCUT2D eigenvalue weighted by atomic mass is 16.6. The van der Waals surface area contributed by atoms with Crippen LogP contribution in [0.4, 0.5) is 0 Å². The van der Waals surface area contributed by atoms with E-state index in [1.165, 1.54) is 13.3 Å². The van der Waals surface area contributed by atoms with Gasteiger partial charge in [-0.05, 0) is 117 Å². The molecule has 0 radical (unpaired) electrons. The Labute approximate surface area is 264 Å². The van der Waals surface area contributed by atoms with Crippen LogP contribution in [0.3, 0.4) is 0 Å². The molecule has 7 nitrogen and oxygen atoms in total. The minimum absolute atomic E-state index is 0.0142. The molecule has 0 aromatic rings. The van der Waals surface area contributed by atoms with E-state index in [9.17, 15) is 19.8 Å². The average Bonchev–Trinajstić information content (AvgIpc) is 3.76. The van der Waals surface area contributed by atoms with Gasteiger partial charge in [-0.3, -0.25) is 9.59 Å². The van der Waals surface area contributed by atoms with Crippen LogP contribution >= 0.6 is 0 Å². The van der Waals surface area contributed by atoms with Gasteiger partial charge >= 0.3 is 11.9 Å². The highest BCUT2D eigenvalue weighted by molar-refractivity contribution is 5.75. The van der Waals surface area contributed by atoms with Crippen LogP contribution < -0.4 is 0 Å². The van der Waals surface area contributed by atoms with Gasteiger partial charge in [0, 0.05) is 17.8 Å². The molecule has 44 heavy (non-hydrogen) atoms. The van der Waals surface area contributed by atoms with E-state index in [1.54, 1.807) is 13.8 Å². The van der Waals surface area contributed by atoms with E-state index < -0.39 is 29.9 Å². The molecule has 14 unspecified atom stereocenters. The molecule has 248 valence electrons. The van der Waals surface area contributed by atoms with Crippen LogP contribution in [0.15, 0.2) is 0 Å². The zero-order chi connectivity index (χ0) is 32.0. The van der Waals surface area contributed by atoms with Crippen LogP contribution in [-0.4, -0.2) is 58.3 Å². The summed E-state index contributed by atoms with van der Waals surface area (Å²) >= 11 is 0. The van der Waals surface area contributed by atoms with E-state index in [4.69, 9.17) is 14.2 Å². The van der Waals surface area contributed by atoms with Crippen molar-refractivity contribution >= 4 is 11.9 Å². The monoisotopic (exact) mass is 614 g/mol. The summed E-state index contributed by atoms with van der Waals surface area (Å²) in [6.45, 7) is 19.1. The van der Waals surface area contributed by atoms with Gasteiger partial charge in [-0.15, -0.1) is 0 Å². The largest absolute Gasteiger partial charge is 0.462 e. The molecule has 14 atom stereocenters. The fourth-order valence-electron chi connectivity index (χ4n) is 14.1. The molecular formula is C37H58O7. The van der Waals surface area contributed by atoms with Gasteiger partial charge in [0.25, 0.3) is 0 Å². The predicted octanol–water partition coefficient (Wildman–Crippen LogP) is 6.07. The van der Waals surface area contributed by atoms with Crippen LogP contribution in [-0.2, 0) is 23.8 Å². The molecule has 1 saturated heterocycles. The maximum absolute atomic E-state index is 12.8. The SMILES string of the molecule is CC(=O)OC(C1CC(C)C2C(O1)C(O)C1(C)C3CCC45C(C)C3(CCC21C)C4CCC(OC(=O)C1CC1)C5(C)C)C(C)(C)O. The first-order valence-corrected chi connectivity index (χ1v) is 17.8. The van der Waals surface area contributed by atoms with Crippen LogP contribution in [0.2, 0.25) is 0 Å². The second-order valence-electron chi connectivity index (χ2n) is 18.2. The van der Waals surface area contributed by atoms with E-state index in [0.717, 1.165) is 44.9 Å². The summed E-state index contributed by atoms with van der Waals surface area (Å²) in [7, 11) is 0. The third-order valence-electron chi connectivity index (χ3n) is 16.2. The normalized spacial score (nSPS) is 52.8. The van der Waals surface area contributed by atoms with Crippen molar-refractivity contribution in [1.29, 1.82) is 0 Å². The number of hydrogen-bond acceptors (Lipinski definition) is 7. The first-order chi connectivity index (χ1) is 20.4. The summed E-state index contributed by atoms with van der Waals surface area (Å²) in [6.07, 6.45) is 6.91. The molecule has 8 fully saturated rings. The number of aliphatic hydroxyl groups is 2. The average molecular weight is 615 g/mol. The number of aliphatic hydroxyl groups excluding tert-OH is 1. The van der Waals surface area contributed by atoms with E-state index in [1.807, 2.05) is 0 Å². The Bertz CT molecular complexity index is 1220. The first-order valence-electron chi connectivity index (χ1n) is 17.8. The molecule has 7 aliphatic carbocycles. The zero-order valence-corrected chi connectivity index (χ0v) is 28.7. The first kappa shape index (κ1) is 31.4. The molecule has 0 amide bonds. The van der Waals surface area contributed by atoms with Crippen molar-refractivity contribution in [3.63, 3.8) is 0 Å². The second-order valence-corrected chi connectivity index (χ2v) is 18.2. The number of rotatable bonds is 5. The lowest BCUT2D eigenvalue weighted by molar-refractivity contribution is -0.379. The number of carbonyl (C=O) groups excluding carboxylic acids is 2. The smallest absolute Gasteiger partial charge is 0.309 e. The number of fused-ring (bicyclic) bond motifs is 4. The summed E-state index contributed by atoms with van der Waals surface area (Å²) < 4.78 is 18.8. The maximum atomic E-state index is 12.8. The van der Waals surface area contributed by atoms with E-state index in [-0.39, 0.29) is 63.0 Å². The molecule has 7 saturated carbocycles. The minimum Gasteiger partial charge on any atom is -0.462 e. The Morgan fingerprint density at radius 2 is 1.64 bits per heavy atom. The van der Waals surface area contributed by atoms with Gasteiger partial charge in [0.1, 0.15) is 6.10 Å². The summed E-state index contributed by atoms with van der Waals surface area (Å²) in [5.74, 6) is 1.66. The second kappa shape index (κ2) is 9.46. The maximum Gasteiger partial charge on any atom is 0.309 e. The topological polar surface area (TPSA) is 102 Å². The Hall–Kier alpha value is -1.18. The van der Waals surface area contributed by atoms with Gasteiger partial charge in [-0.2, -0.15) is 0 Å². The standard InChI is InChI=1S/C37H58O7/c1-19-18-23(30(33(6,7)41)42-21(3)38)43-28-27(19)34(8)16-17-36-20(2)37(15-14-24(36)35(34,9)29(28)39)25(36)12-13-26(32(37,4)5)44-31(40)22-10-11-22/h19-20,22-30,39,41H,10-18H2,1-9H3. The van der Waals surface area contributed by atoms with Crippen molar-refractivity contribution in [2.45, 2.75) is 156 Å². The van der Waals surface area contributed by atoms with Gasteiger partial charge in [0.05, 0.1) is 29.8 Å². The van der Waals surface area contributed by atoms with Crippen LogP contribution in [0.25, 0.3) is 0 Å². The Balaban J connectivity index is 1.20. The van der Waals surface area contributed by atoms with Crippen molar-refractivity contribution in [1.82, 2.24) is 0 Å². The van der Waals surface area contributed by atoms with E-state index in [2.05, 4.69) is 41.5 Å². The number of hydrogen-bond donors (Lipinski definition) is 2. The van der Waals surface area contributed by atoms with Gasteiger partial charge in [-0.25, -0.2) is 0 Å². The molecular weight excluding hydrogens is 556 g/mol. The summed E-state index contributed by atoms with van der Waals surface area (Å²) in [6, 6.07) is 0. The predicted molar refractivity (Wildman–Crippen MR) is 165 cm³/mol. The molecule has 2 spiro atoms. The van der Waals surface area contributed by atoms with Crippen molar-refractivity contribution in [3.05, 3.63) is 0 Å². The van der Waals surface area contributed by atoms with Crippen LogP contribution in [0.5, 0.6) is 0 Å². The fourth-order valence-corrected chi connectivity index (χ4v) is 14.1. The molecule has 8 aliphatic rings. The Kier molecular flexibility index (Phi) is 6.76. The lowest BCUT2D eigenvalue weighted by atomic mass is 9.20. The van der Waals surface area contributed by atoms with Gasteiger partial charge < -0.3 is 24.4 Å². The fraction of sp³-hybridized carbons (Fsp3) is 0.946. The Morgan fingerprint density at radius 3 is 2.25 bits per heavy atom. The van der Waals surface area contributed by atoms with Crippen LogP contribution in [0, 0.1) is 62.6 Å². The highest BCUT2D eigenvalue weighted by Gasteiger charge is 2.85. The van der Waals surface area contributed by atoms with E-state index >= 15 is 0 Å². The van der Waals surface area contributed by atoms with Crippen molar-refractivity contribution in [2.24, 2.45) is 62.6 Å². The molecule has 2 N–H and O–H groups in total. The third kappa shape index (κ3) is 3.61. The lowest BCUT2D eigenvalue weighted by Gasteiger charge is -2.84. The van der Waals surface area contributed by atoms with Crippen molar-refractivity contribution < 1.29 is 34.0 Å². The molecule has 0 aromatic carbocycles. The summed E-state index contributed by atoms with van der Waals surface area (Å²) in [4.78, 5) is 24.9. The quantitative estimate of drug-likeness (QED) is 0.363. The summed E-state index contributed by atoms with van der Waals surface area (Å²) in [5, 5.41) is 23.5. The Morgan fingerprint density at radius 1 is 0.955 bits per heavy atom. The summed E-state index contributed by atoms with van der Waals surface area (Å²) in [5.41, 5.74) is -1.38. The molecule has 0 aromatic heterocycles. The van der Waals surface area contributed by atoms with Gasteiger partial charge in [0.2, 0.25) is 0 Å². The van der Waals surface area contributed by atoms with Gasteiger partial charge in [-0.1, -0.05) is 41.5 Å². The molecule has 7 heteroatoms. The van der Waals surface area contributed by atoms with Gasteiger partial charge in [0.15, 0.2) is 6.10 Å². The minimum atomic E-state index is -1.26. The zero-order valence-electron chi connectivity index (χ0n) is 28.7. The van der Waals surface area contributed by atoms with Crippen molar-refractivity contribution in [2.75, 3.05) is 0 Å². The number of esters is 2. The molecule has 1 heterocycles. The molecule has 8 rings (SSSR count).